The number of aromatic nitrogens is 5. The second-order valence-electron chi connectivity index (χ2n) is 12.7. The Morgan fingerprint density at radius 3 is 2.63 bits per heavy atom. The number of carbonyl (C=O) groups excluding carboxylic acids is 1. The summed E-state index contributed by atoms with van der Waals surface area (Å²) in [6.45, 7) is 8.91. The fraction of sp³-hybridized carbons (Fsp3) is 0.469. The number of piperidine rings is 1. The largest absolute Gasteiger partial charge is 0.479 e. The van der Waals surface area contributed by atoms with Crippen molar-refractivity contribution < 1.29 is 19.4 Å². The van der Waals surface area contributed by atoms with Crippen molar-refractivity contribution in [3.63, 3.8) is 0 Å². The van der Waals surface area contributed by atoms with Crippen LogP contribution in [0.15, 0.2) is 49.1 Å². The van der Waals surface area contributed by atoms with Gasteiger partial charge in [-0.1, -0.05) is 6.07 Å². The number of aliphatic hydroxyl groups is 1. The van der Waals surface area contributed by atoms with Gasteiger partial charge in [0.2, 0.25) is 0 Å². The summed E-state index contributed by atoms with van der Waals surface area (Å²) >= 11 is 0. The van der Waals surface area contributed by atoms with Gasteiger partial charge in [-0.3, -0.25) is 9.67 Å². The molecule has 0 radical (unpaired) electrons. The van der Waals surface area contributed by atoms with Gasteiger partial charge < -0.3 is 19.5 Å². The lowest BCUT2D eigenvalue weighted by atomic mass is 9.60. The first-order valence-corrected chi connectivity index (χ1v) is 14.7. The van der Waals surface area contributed by atoms with Crippen LogP contribution in [0.25, 0.3) is 16.6 Å². The fourth-order valence-corrected chi connectivity index (χ4v) is 6.40. The van der Waals surface area contributed by atoms with Crippen LogP contribution < -0.4 is 4.74 Å². The number of aliphatic hydroxyl groups excluding tert-OH is 1. The van der Waals surface area contributed by atoms with Crippen molar-refractivity contribution in [3.05, 3.63) is 66.0 Å². The number of fused-ring (bicyclic) bond motifs is 1. The predicted molar refractivity (Wildman–Crippen MR) is 158 cm³/mol. The molecule has 11 nitrogen and oxygen atoms in total. The minimum Gasteiger partial charge on any atom is -0.479 e. The van der Waals surface area contributed by atoms with E-state index < -0.39 is 11.7 Å². The number of hydrogen-bond donors (Lipinski definition) is 1. The maximum atomic E-state index is 12.5. The second kappa shape index (κ2) is 11.0. The van der Waals surface area contributed by atoms with Gasteiger partial charge in [0.05, 0.1) is 30.7 Å². The Hall–Kier alpha value is -4.43. The molecule has 2 aliphatic rings. The van der Waals surface area contributed by atoms with Crippen molar-refractivity contribution >= 4 is 11.6 Å². The van der Waals surface area contributed by atoms with Crippen molar-refractivity contribution in [1.29, 1.82) is 5.26 Å². The summed E-state index contributed by atoms with van der Waals surface area (Å²) in [5.41, 5.74) is 4.06. The second-order valence-corrected chi connectivity index (χ2v) is 12.7. The molecular weight excluding hydrogens is 546 g/mol. The van der Waals surface area contributed by atoms with Gasteiger partial charge in [-0.05, 0) is 77.0 Å². The zero-order valence-electron chi connectivity index (χ0n) is 25.0. The van der Waals surface area contributed by atoms with E-state index >= 15 is 0 Å². The fourth-order valence-electron chi connectivity index (χ4n) is 6.40. The molecule has 11 heteroatoms. The number of pyridine rings is 2. The van der Waals surface area contributed by atoms with Crippen LogP contribution in [0.5, 0.6) is 5.75 Å². The summed E-state index contributed by atoms with van der Waals surface area (Å²) in [6, 6.07) is 9.80. The Bertz CT molecular complexity index is 1670. The Labute approximate surface area is 250 Å². The van der Waals surface area contributed by atoms with E-state index in [-0.39, 0.29) is 18.1 Å². The van der Waals surface area contributed by atoms with Gasteiger partial charge in [0.25, 0.3) is 0 Å². The molecule has 224 valence electrons. The third kappa shape index (κ3) is 5.55. The molecule has 5 heterocycles. The van der Waals surface area contributed by atoms with Crippen LogP contribution in [0.3, 0.4) is 0 Å². The minimum atomic E-state index is -0.710. The maximum Gasteiger partial charge on any atom is 0.410 e. The van der Waals surface area contributed by atoms with E-state index in [0.29, 0.717) is 28.6 Å². The van der Waals surface area contributed by atoms with Crippen molar-refractivity contribution in [1.82, 2.24) is 29.3 Å². The number of nitrogens with zero attached hydrogens (tertiary/aromatic N) is 7. The van der Waals surface area contributed by atoms with E-state index in [4.69, 9.17) is 14.6 Å². The third-order valence-electron chi connectivity index (χ3n) is 8.66. The van der Waals surface area contributed by atoms with Gasteiger partial charge >= 0.3 is 6.09 Å². The molecule has 1 aliphatic carbocycles. The van der Waals surface area contributed by atoms with Gasteiger partial charge in [0.1, 0.15) is 28.5 Å². The van der Waals surface area contributed by atoms with Crippen molar-refractivity contribution in [3.8, 4) is 22.9 Å². The first-order chi connectivity index (χ1) is 20.6. The molecule has 2 fully saturated rings. The molecule has 4 aromatic heterocycles. The highest BCUT2D eigenvalue weighted by Crippen LogP contribution is 2.55. The first-order valence-electron chi connectivity index (χ1n) is 14.7. The van der Waals surface area contributed by atoms with Crippen LogP contribution in [0.2, 0.25) is 0 Å². The van der Waals surface area contributed by atoms with Crippen LogP contribution in [-0.4, -0.2) is 65.8 Å². The Morgan fingerprint density at radius 1 is 1.21 bits per heavy atom. The van der Waals surface area contributed by atoms with Gasteiger partial charge in [-0.2, -0.15) is 15.5 Å². The van der Waals surface area contributed by atoms with Crippen molar-refractivity contribution in [2.75, 3.05) is 19.7 Å². The van der Waals surface area contributed by atoms with Crippen LogP contribution in [0.4, 0.5) is 4.79 Å². The monoisotopic (exact) mass is 583 g/mol. The summed E-state index contributed by atoms with van der Waals surface area (Å²) < 4.78 is 15.6. The number of carbonyl (C=O) groups is 1. The van der Waals surface area contributed by atoms with Crippen LogP contribution in [0, 0.1) is 23.7 Å². The maximum absolute atomic E-state index is 12.5. The molecule has 1 saturated heterocycles. The molecule has 43 heavy (non-hydrogen) atoms. The highest BCUT2D eigenvalue weighted by Gasteiger charge is 2.48. The number of hydrogen-bond acceptors (Lipinski definition) is 8. The summed E-state index contributed by atoms with van der Waals surface area (Å²) in [5, 5.41) is 29.0. The van der Waals surface area contributed by atoms with E-state index in [9.17, 15) is 15.2 Å². The number of nitriles is 1. The summed E-state index contributed by atoms with van der Waals surface area (Å²) in [7, 11) is 0. The molecular formula is C32H37N7O4. The molecule has 0 bridgehead atoms. The molecule has 1 N–H and O–H groups in total. The van der Waals surface area contributed by atoms with Gasteiger partial charge in [-0.15, -0.1) is 0 Å². The van der Waals surface area contributed by atoms with Crippen LogP contribution in [-0.2, 0) is 4.74 Å². The molecule has 0 aromatic carbocycles. The van der Waals surface area contributed by atoms with Gasteiger partial charge in [-0.25, -0.2) is 9.31 Å². The predicted octanol–water partition coefficient (Wildman–Crippen LogP) is 5.24. The zero-order chi connectivity index (χ0) is 30.4. The van der Waals surface area contributed by atoms with E-state index in [1.807, 2.05) is 50.2 Å². The lowest BCUT2D eigenvalue weighted by molar-refractivity contribution is -0.0262. The molecule has 1 atom stereocenters. The van der Waals surface area contributed by atoms with E-state index in [2.05, 4.69) is 27.8 Å². The van der Waals surface area contributed by atoms with Gasteiger partial charge in [0, 0.05) is 42.3 Å². The smallest absolute Gasteiger partial charge is 0.410 e. The number of likely N-dealkylation sites (tertiary alicyclic amines) is 1. The molecule has 1 spiro atoms. The highest BCUT2D eigenvalue weighted by atomic mass is 16.6. The van der Waals surface area contributed by atoms with E-state index in [1.54, 1.807) is 22.8 Å². The SMILES string of the molecule is Cc1c(-c2cc(OC(CO)c3ccccn3)c3c(C#N)cnn3c2)cnn1C1CC2(CCN(C(=O)OC(C)(C)C)CC2)C1. The highest BCUT2D eigenvalue weighted by molar-refractivity contribution is 5.76. The number of amides is 1. The molecule has 4 aromatic rings. The Balaban J connectivity index is 1.21. The first kappa shape index (κ1) is 28.7. The van der Waals surface area contributed by atoms with E-state index in [0.717, 1.165) is 55.6 Å². The Morgan fingerprint density at radius 2 is 1.98 bits per heavy atom. The van der Waals surface area contributed by atoms with Crippen molar-refractivity contribution in [2.24, 2.45) is 5.41 Å². The number of ether oxygens (including phenoxy) is 2. The molecule has 6 rings (SSSR count). The summed E-state index contributed by atoms with van der Waals surface area (Å²) in [5.74, 6) is 0.433. The lowest BCUT2D eigenvalue weighted by Crippen LogP contribution is -2.50. The standard InChI is InChI=1S/C32H37N7O4/c1-21-25(18-36-39(21)24-14-32(15-24)8-11-37(12-9-32)30(41)43-31(2,3)4)22-13-27(29-23(16-33)17-35-38(29)19-22)42-28(20-40)26-7-5-6-10-34-26/h5-7,10,13,17-19,24,28,40H,8-9,11-12,14-15,20H2,1-4H3. The minimum absolute atomic E-state index is 0.226. The lowest BCUT2D eigenvalue weighted by Gasteiger charge is -2.52. The molecule has 1 amide bonds. The quantitative estimate of drug-likeness (QED) is 0.326. The van der Waals surface area contributed by atoms with Crippen LogP contribution in [0.1, 0.15) is 75.6 Å². The van der Waals surface area contributed by atoms with Crippen LogP contribution >= 0.6 is 0 Å². The Kier molecular flexibility index (Phi) is 7.34. The molecule has 1 unspecified atom stereocenters. The third-order valence-corrected chi connectivity index (χ3v) is 8.66. The summed E-state index contributed by atoms with van der Waals surface area (Å²) in [4.78, 5) is 18.7. The normalized spacial score (nSPS) is 17.4. The molecule has 1 aliphatic heterocycles. The summed E-state index contributed by atoms with van der Waals surface area (Å²) in [6.07, 6.45) is 9.96. The number of rotatable bonds is 6. The zero-order valence-corrected chi connectivity index (χ0v) is 25.0. The molecule has 1 saturated carbocycles. The van der Waals surface area contributed by atoms with E-state index in [1.165, 1.54) is 6.20 Å². The van der Waals surface area contributed by atoms with Crippen molar-refractivity contribution in [2.45, 2.75) is 71.1 Å². The topological polar surface area (TPSA) is 131 Å². The average molecular weight is 584 g/mol. The average Bonchev–Trinajstić information content (AvgIpc) is 3.57. The van der Waals surface area contributed by atoms with Gasteiger partial charge in [0.15, 0.2) is 6.10 Å².